The number of fused-ring (bicyclic) bond motifs is 2. The highest BCUT2D eigenvalue weighted by molar-refractivity contribution is 5.89. The third kappa shape index (κ3) is 1.71. The molecule has 1 aromatic carbocycles. The van der Waals surface area contributed by atoms with Crippen molar-refractivity contribution in [1.29, 1.82) is 0 Å². The van der Waals surface area contributed by atoms with Crippen molar-refractivity contribution in [1.82, 2.24) is 0 Å². The first kappa shape index (κ1) is 10.4. The van der Waals surface area contributed by atoms with Gasteiger partial charge in [-0.15, -0.1) is 0 Å². The Hall–Kier alpha value is -1.77. The zero-order valence-corrected chi connectivity index (χ0v) is 9.53. The summed E-state index contributed by atoms with van der Waals surface area (Å²) in [5, 5.41) is 9.04. The van der Waals surface area contributed by atoms with E-state index in [9.17, 15) is 4.79 Å². The van der Waals surface area contributed by atoms with Crippen molar-refractivity contribution < 1.29 is 14.6 Å². The molecular weight excluding hydrogens is 216 g/mol. The van der Waals surface area contributed by atoms with Crippen LogP contribution in [0, 0.1) is 0 Å². The van der Waals surface area contributed by atoms with Crippen LogP contribution in [0.25, 0.3) is 5.57 Å². The Morgan fingerprint density at radius 3 is 2.88 bits per heavy atom. The summed E-state index contributed by atoms with van der Waals surface area (Å²) in [5.74, 6) is 0.212. The molecule has 17 heavy (non-hydrogen) atoms. The first-order valence-electron chi connectivity index (χ1n) is 5.97. The second kappa shape index (κ2) is 3.91. The van der Waals surface area contributed by atoms with Crippen LogP contribution in [0.2, 0.25) is 0 Å². The maximum absolute atomic E-state index is 11.0. The molecule has 0 amide bonds. The molecule has 0 radical (unpaired) electrons. The van der Waals surface area contributed by atoms with Crippen LogP contribution in [0.5, 0.6) is 0 Å². The van der Waals surface area contributed by atoms with Crippen molar-refractivity contribution in [3.63, 3.8) is 0 Å². The predicted molar refractivity (Wildman–Crippen MR) is 63.6 cm³/mol. The lowest BCUT2D eigenvalue weighted by Crippen LogP contribution is -2.12. The number of carboxylic acids is 1. The fourth-order valence-corrected chi connectivity index (χ4v) is 2.60. The summed E-state index contributed by atoms with van der Waals surface area (Å²) in [7, 11) is 0. The van der Waals surface area contributed by atoms with E-state index in [1.165, 1.54) is 18.4 Å². The first-order chi connectivity index (χ1) is 8.25. The van der Waals surface area contributed by atoms with E-state index in [1.807, 2.05) is 6.07 Å². The van der Waals surface area contributed by atoms with E-state index >= 15 is 0 Å². The Morgan fingerprint density at radius 2 is 2.06 bits per heavy atom. The van der Waals surface area contributed by atoms with E-state index in [2.05, 4.69) is 0 Å². The fraction of sp³-hybridized carbons (Fsp3) is 0.357. The van der Waals surface area contributed by atoms with Gasteiger partial charge < -0.3 is 9.84 Å². The molecule has 0 unspecified atom stereocenters. The standard InChI is InChI=1S/C14H14O3/c15-14(16)9-5-6-10-8-17-13-4-2-1-3-11(13)12(10)7-9/h5-7H,1-4,8H2,(H,15,16). The van der Waals surface area contributed by atoms with Crippen molar-refractivity contribution in [2.45, 2.75) is 32.3 Å². The van der Waals surface area contributed by atoms with Gasteiger partial charge in [-0.2, -0.15) is 0 Å². The van der Waals surface area contributed by atoms with Gasteiger partial charge in [-0.05, 0) is 48.1 Å². The summed E-state index contributed by atoms with van der Waals surface area (Å²) in [6.07, 6.45) is 4.34. The molecule has 0 aromatic heterocycles. The number of hydrogen-bond donors (Lipinski definition) is 1. The van der Waals surface area contributed by atoms with Gasteiger partial charge >= 0.3 is 5.97 Å². The molecule has 3 rings (SSSR count). The highest BCUT2D eigenvalue weighted by atomic mass is 16.5. The Morgan fingerprint density at radius 1 is 1.24 bits per heavy atom. The average molecular weight is 230 g/mol. The fourth-order valence-electron chi connectivity index (χ4n) is 2.60. The van der Waals surface area contributed by atoms with Gasteiger partial charge in [0.1, 0.15) is 12.4 Å². The molecule has 1 aromatic rings. The third-order valence-electron chi connectivity index (χ3n) is 3.50. The molecule has 0 atom stereocenters. The number of benzene rings is 1. The van der Waals surface area contributed by atoms with Gasteiger partial charge in [0, 0.05) is 6.42 Å². The van der Waals surface area contributed by atoms with Crippen LogP contribution in [0.4, 0.5) is 0 Å². The minimum Gasteiger partial charge on any atom is -0.493 e. The number of carbonyl (C=O) groups is 1. The largest absolute Gasteiger partial charge is 0.493 e. The molecular formula is C14H14O3. The molecule has 1 aliphatic heterocycles. The van der Waals surface area contributed by atoms with Crippen LogP contribution in [0.3, 0.4) is 0 Å². The van der Waals surface area contributed by atoms with E-state index in [1.54, 1.807) is 12.1 Å². The van der Waals surface area contributed by atoms with Gasteiger partial charge in [0.2, 0.25) is 0 Å². The lowest BCUT2D eigenvalue weighted by atomic mass is 9.87. The molecule has 0 bridgehead atoms. The molecule has 0 fully saturated rings. The third-order valence-corrected chi connectivity index (χ3v) is 3.50. The zero-order valence-electron chi connectivity index (χ0n) is 9.53. The molecule has 1 N–H and O–H groups in total. The SMILES string of the molecule is O=C(O)c1ccc2c(c1)C1=C(CCCC1)OC2. The monoisotopic (exact) mass is 230 g/mol. The van der Waals surface area contributed by atoms with Crippen molar-refractivity contribution in [3.05, 3.63) is 40.6 Å². The molecule has 0 saturated heterocycles. The van der Waals surface area contributed by atoms with Crippen molar-refractivity contribution in [2.75, 3.05) is 0 Å². The number of ether oxygens (including phenoxy) is 1. The van der Waals surface area contributed by atoms with Crippen molar-refractivity contribution >= 4 is 11.5 Å². The molecule has 0 saturated carbocycles. The normalized spacial score (nSPS) is 18.1. The molecule has 1 heterocycles. The van der Waals surface area contributed by atoms with Crippen LogP contribution < -0.4 is 0 Å². The molecule has 2 aliphatic rings. The molecule has 0 spiro atoms. The van der Waals surface area contributed by atoms with E-state index in [4.69, 9.17) is 9.84 Å². The highest BCUT2D eigenvalue weighted by Crippen LogP contribution is 2.38. The van der Waals surface area contributed by atoms with E-state index in [0.29, 0.717) is 12.2 Å². The van der Waals surface area contributed by atoms with Gasteiger partial charge in [0.25, 0.3) is 0 Å². The Bertz CT molecular complexity index is 514. The summed E-state index contributed by atoms with van der Waals surface area (Å²) in [4.78, 5) is 11.0. The van der Waals surface area contributed by atoms with Gasteiger partial charge in [-0.3, -0.25) is 0 Å². The predicted octanol–water partition coefficient (Wildman–Crippen LogP) is 3.20. The van der Waals surface area contributed by atoms with Gasteiger partial charge in [-0.25, -0.2) is 4.79 Å². The van der Waals surface area contributed by atoms with Crippen LogP contribution in [-0.2, 0) is 11.3 Å². The van der Waals surface area contributed by atoms with Gasteiger partial charge in [0.15, 0.2) is 0 Å². The summed E-state index contributed by atoms with van der Waals surface area (Å²) in [5.41, 5.74) is 3.78. The molecule has 3 nitrogen and oxygen atoms in total. The zero-order chi connectivity index (χ0) is 11.8. The summed E-state index contributed by atoms with van der Waals surface area (Å²) in [6, 6.07) is 5.32. The summed E-state index contributed by atoms with van der Waals surface area (Å²) >= 11 is 0. The Kier molecular flexibility index (Phi) is 2.39. The molecule has 1 aliphatic carbocycles. The summed E-state index contributed by atoms with van der Waals surface area (Å²) in [6.45, 7) is 0.577. The van der Waals surface area contributed by atoms with Gasteiger partial charge in [0.05, 0.1) is 5.56 Å². The number of hydrogen-bond acceptors (Lipinski definition) is 2. The lowest BCUT2D eigenvalue weighted by molar-refractivity contribution is 0.0696. The maximum atomic E-state index is 11.0. The maximum Gasteiger partial charge on any atom is 0.335 e. The first-order valence-corrected chi connectivity index (χ1v) is 5.97. The second-order valence-electron chi connectivity index (χ2n) is 4.57. The lowest BCUT2D eigenvalue weighted by Gasteiger charge is -2.27. The quantitative estimate of drug-likeness (QED) is 0.805. The minimum atomic E-state index is -0.864. The second-order valence-corrected chi connectivity index (χ2v) is 4.57. The highest BCUT2D eigenvalue weighted by Gasteiger charge is 2.23. The Balaban J connectivity index is 2.12. The van der Waals surface area contributed by atoms with Crippen LogP contribution >= 0.6 is 0 Å². The van der Waals surface area contributed by atoms with Crippen LogP contribution in [0.15, 0.2) is 24.0 Å². The van der Waals surface area contributed by atoms with Crippen LogP contribution in [-0.4, -0.2) is 11.1 Å². The molecule has 3 heteroatoms. The smallest absolute Gasteiger partial charge is 0.335 e. The van der Waals surface area contributed by atoms with E-state index in [0.717, 1.165) is 29.7 Å². The van der Waals surface area contributed by atoms with Crippen LogP contribution in [0.1, 0.15) is 47.2 Å². The van der Waals surface area contributed by atoms with Gasteiger partial charge in [-0.1, -0.05) is 6.07 Å². The van der Waals surface area contributed by atoms with Crippen molar-refractivity contribution in [3.8, 4) is 0 Å². The number of carboxylic acid groups (broad SMARTS) is 1. The minimum absolute atomic E-state index is 0.364. The summed E-state index contributed by atoms with van der Waals surface area (Å²) < 4.78 is 5.74. The molecule has 88 valence electrons. The van der Waals surface area contributed by atoms with E-state index < -0.39 is 5.97 Å². The Labute approximate surface area is 99.7 Å². The number of allylic oxidation sites excluding steroid dienone is 2. The number of aromatic carboxylic acids is 1. The van der Waals surface area contributed by atoms with Crippen molar-refractivity contribution in [2.24, 2.45) is 0 Å². The van der Waals surface area contributed by atoms with E-state index in [-0.39, 0.29) is 0 Å². The topological polar surface area (TPSA) is 46.5 Å². The number of rotatable bonds is 1. The average Bonchev–Trinajstić information content (AvgIpc) is 2.38.